The monoisotopic (exact) mass is 264 g/mol. The first-order chi connectivity index (χ1) is 9.00. The van der Waals surface area contributed by atoms with Gasteiger partial charge in [-0.05, 0) is 32.8 Å². The van der Waals surface area contributed by atoms with Crippen molar-refractivity contribution in [2.75, 3.05) is 13.1 Å². The van der Waals surface area contributed by atoms with Gasteiger partial charge in [-0.15, -0.1) is 0 Å². The average Bonchev–Trinajstić information content (AvgIpc) is 2.34. The van der Waals surface area contributed by atoms with Gasteiger partial charge in [0.05, 0.1) is 0 Å². The topological polar surface area (TPSA) is 53.6 Å². The van der Waals surface area contributed by atoms with E-state index in [1.807, 2.05) is 19.1 Å². The van der Waals surface area contributed by atoms with E-state index in [0.29, 0.717) is 6.04 Å². The van der Waals surface area contributed by atoms with Crippen LogP contribution in [0.1, 0.15) is 40.5 Å². The molecule has 4 heteroatoms. The van der Waals surface area contributed by atoms with Crippen molar-refractivity contribution in [2.45, 2.75) is 52.1 Å². The molecule has 0 aromatic heterocycles. The van der Waals surface area contributed by atoms with Crippen LogP contribution in [0.15, 0.2) is 29.5 Å². The minimum Gasteiger partial charge on any atom is -0.403 e. The van der Waals surface area contributed by atoms with Crippen LogP contribution >= 0.6 is 0 Å². The number of nitrogens with two attached hydrogens (primary N) is 1. The van der Waals surface area contributed by atoms with E-state index in [0.717, 1.165) is 31.8 Å². The smallest absolute Gasteiger partial charge is 0.128 e. The molecule has 0 aromatic carbocycles. The summed E-state index contributed by atoms with van der Waals surface area (Å²) >= 11 is 0. The number of hydrogen-bond donors (Lipinski definition) is 2. The fraction of sp³-hybridized carbons (Fsp3) is 0.667. The predicted octanol–water partition coefficient (Wildman–Crippen LogP) is 2.24. The van der Waals surface area contributed by atoms with Gasteiger partial charge in [0.15, 0.2) is 0 Å². The van der Waals surface area contributed by atoms with Gasteiger partial charge in [0.25, 0.3) is 0 Å². The van der Waals surface area contributed by atoms with Crippen molar-refractivity contribution in [2.24, 2.45) is 10.7 Å². The van der Waals surface area contributed by atoms with E-state index < -0.39 is 0 Å². The molecule has 0 aromatic rings. The molecule has 3 N–H and O–H groups in total. The van der Waals surface area contributed by atoms with Gasteiger partial charge in [0.2, 0.25) is 0 Å². The van der Waals surface area contributed by atoms with Gasteiger partial charge in [-0.25, -0.2) is 4.99 Å². The number of allylic oxidation sites excluding steroid dienone is 1. The maximum atomic E-state index is 5.36. The Morgan fingerprint density at radius 2 is 2.00 bits per heavy atom. The molecule has 1 aliphatic rings. The van der Waals surface area contributed by atoms with Crippen LogP contribution in [0.2, 0.25) is 0 Å². The fourth-order valence-corrected chi connectivity index (χ4v) is 2.57. The molecule has 0 amide bonds. The summed E-state index contributed by atoms with van der Waals surface area (Å²) in [5.41, 5.74) is 5.61. The average molecular weight is 264 g/mol. The molecule has 0 bridgehead atoms. The maximum Gasteiger partial charge on any atom is 0.128 e. The molecule has 0 atom stereocenters. The predicted molar refractivity (Wildman–Crippen MR) is 83.1 cm³/mol. The molecule has 0 unspecified atom stereocenters. The lowest BCUT2D eigenvalue weighted by atomic mass is 9.89. The van der Waals surface area contributed by atoms with E-state index in [1.165, 1.54) is 6.20 Å². The zero-order valence-corrected chi connectivity index (χ0v) is 12.7. The highest BCUT2D eigenvalue weighted by atomic mass is 15.2. The lowest BCUT2D eigenvalue weighted by molar-refractivity contribution is 0.192. The number of piperidine rings is 1. The minimum absolute atomic E-state index is 0.245. The van der Waals surface area contributed by atoms with Crippen molar-refractivity contribution in [3.8, 4) is 0 Å². The van der Waals surface area contributed by atoms with Gasteiger partial charge in [-0.1, -0.05) is 19.9 Å². The van der Waals surface area contributed by atoms with Crippen LogP contribution in [-0.2, 0) is 0 Å². The van der Waals surface area contributed by atoms with Gasteiger partial charge < -0.3 is 16.0 Å². The second-order valence-corrected chi connectivity index (χ2v) is 5.68. The van der Waals surface area contributed by atoms with Crippen molar-refractivity contribution in [3.05, 3.63) is 24.6 Å². The summed E-state index contributed by atoms with van der Waals surface area (Å²) < 4.78 is 0. The number of nitrogens with one attached hydrogen (secondary N) is 1. The van der Waals surface area contributed by atoms with Crippen LogP contribution in [0.4, 0.5) is 0 Å². The van der Waals surface area contributed by atoms with Crippen molar-refractivity contribution < 1.29 is 0 Å². The first-order valence-corrected chi connectivity index (χ1v) is 7.10. The van der Waals surface area contributed by atoms with E-state index in [-0.39, 0.29) is 5.54 Å². The Morgan fingerprint density at radius 3 is 2.47 bits per heavy atom. The number of hydrogen-bond acceptors (Lipinski definition) is 3. The summed E-state index contributed by atoms with van der Waals surface area (Å²) in [7, 11) is 0. The third-order valence-electron chi connectivity index (χ3n) is 3.44. The van der Waals surface area contributed by atoms with Crippen LogP contribution in [-0.4, -0.2) is 35.4 Å². The third kappa shape index (κ3) is 5.07. The van der Waals surface area contributed by atoms with Crippen LogP contribution < -0.4 is 11.1 Å². The standard InChI is InChI=1S/C15H28N4/c1-5-6-14(17-10-9-16)19-11-7-15(4,8-12-19)18-13(2)3/h5-6,9-10,13,18H,7-8,11-12,16H2,1-4H3/b6-5-,10-9-,17-14+. The van der Waals surface area contributed by atoms with E-state index in [1.54, 1.807) is 6.20 Å². The summed E-state index contributed by atoms with van der Waals surface area (Å²) in [5.74, 6) is 0.996. The molecule has 1 aliphatic heterocycles. The van der Waals surface area contributed by atoms with Gasteiger partial charge in [-0.3, -0.25) is 0 Å². The van der Waals surface area contributed by atoms with Crippen LogP contribution in [0.3, 0.4) is 0 Å². The highest BCUT2D eigenvalue weighted by Gasteiger charge is 2.30. The van der Waals surface area contributed by atoms with Crippen LogP contribution in [0, 0.1) is 0 Å². The molecule has 0 saturated carbocycles. The SMILES string of the molecule is C\C=C/C(=N\C=C/N)N1CCC(C)(NC(C)C)CC1. The number of rotatable bonds is 4. The van der Waals surface area contributed by atoms with Gasteiger partial charge in [0.1, 0.15) is 5.84 Å². The van der Waals surface area contributed by atoms with E-state index in [2.05, 4.69) is 36.0 Å². The molecule has 0 radical (unpaired) electrons. The van der Waals surface area contributed by atoms with Gasteiger partial charge in [-0.2, -0.15) is 0 Å². The summed E-state index contributed by atoms with van der Waals surface area (Å²) in [6, 6.07) is 0.528. The Hall–Kier alpha value is -1.29. The zero-order chi connectivity index (χ0) is 14.3. The molecule has 1 fully saturated rings. The van der Waals surface area contributed by atoms with Crippen LogP contribution in [0.5, 0.6) is 0 Å². The van der Waals surface area contributed by atoms with Crippen molar-refractivity contribution in [3.63, 3.8) is 0 Å². The second kappa shape index (κ2) is 7.34. The highest BCUT2D eigenvalue weighted by Crippen LogP contribution is 2.22. The minimum atomic E-state index is 0.245. The molecule has 108 valence electrons. The Labute approximate surface area is 117 Å². The molecular weight excluding hydrogens is 236 g/mol. The first-order valence-electron chi connectivity index (χ1n) is 7.10. The Bertz CT molecular complexity index is 347. The summed E-state index contributed by atoms with van der Waals surface area (Å²) in [6.45, 7) is 10.8. The summed E-state index contributed by atoms with van der Waals surface area (Å²) in [5, 5.41) is 3.67. The second-order valence-electron chi connectivity index (χ2n) is 5.68. The van der Waals surface area contributed by atoms with E-state index >= 15 is 0 Å². The van der Waals surface area contributed by atoms with Gasteiger partial charge in [0, 0.05) is 37.1 Å². The normalized spacial score (nSPS) is 20.9. The Morgan fingerprint density at radius 1 is 1.37 bits per heavy atom. The molecule has 0 aliphatic carbocycles. The maximum absolute atomic E-state index is 5.36. The molecule has 1 heterocycles. The van der Waals surface area contributed by atoms with E-state index in [9.17, 15) is 0 Å². The fourth-order valence-electron chi connectivity index (χ4n) is 2.57. The molecule has 1 saturated heterocycles. The molecule has 19 heavy (non-hydrogen) atoms. The molecular formula is C15H28N4. The summed E-state index contributed by atoms with van der Waals surface area (Å²) in [6.07, 6.45) is 9.44. The van der Waals surface area contributed by atoms with Crippen LogP contribution in [0.25, 0.3) is 0 Å². The lowest BCUT2D eigenvalue weighted by Crippen LogP contribution is -2.54. The number of likely N-dealkylation sites (tertiary alicyclic amines) is 1. The molecule has 1 rings (SSSR count). The van der Waals surface area contributed by atoms with Crippen molar-refractivity contribution in [1.29, 1.82) is 0 Å². The molecule has 4 nitrogen and oxygen atoms in total. The largest absolute Gasteiger partial charge is 0.403 e. The third-order valence-corrected chi connectivity index (χ3v) is 3.44. The zero-order valence-electron chi connectivity index (χ0n) is 12.7. The van der Waals surface area contributed by atoms with Crippen molar-refractivity contribution >= 4 is 5.84 Å². The lowest BCUT2D eigenvalue weighted by Gasteiger charge is -2.42. The van der Waals surface area contributed by atoms with Gasteiger partial charge >= 0.3 is 0 Å². The first kappa shape index (κ1) is 15.8. The Kier molecular flexibility index (Phi) is 6.09. The number of aliphatic imine (C=N–C) groups is 1. The van der Waals surface area contributed by atoms with E-state index in [4.69, 9.17) is 5.73 Å². The number of nitrogens with zero attached hydrogens (tertiary/aromatic N) is 2. The van der Waals surface area contributed by atoms with Crippen molar-refractivity contribution in [1.82, 2.24) is 10.2 Å². The quantitative estimate of drug-likeness (QED) is 0.605. The highest BCUT2D eigenvalue weighted by molar-refractivity contribution is 5.93. The Balaban J connectivity index is 2.65. The summed E-state index contributed by atoms with van der Waals surface area (Å²) in [4.78, 5) is 6.72. The molecule has 0 spiro atoms. The number of amidine groups is 1.